The molecule has 2 nitrogen and oxygen atoms in total. The van der Waals surface area contributed by atoms with E-state index in [2.05, 4.69) is 4.74 Å². The van der Waals surface area contributed by atoms with E-state index in [9.17, 15) is 13.6 Å². The smallest absolute Gasteiger partial charge is 0.387 e. The summed E-state index contributed by atoms with van der Waals surface area (Å²) < 4.78 is 28.8. The highest BCUT2D eigenvalue weighted by Gasteiger charge is 2.14. The number of ketones is 1. The van der Waals surface area contributed by atoms with Crippen LogP contribution in [-0.4, -0.2) is 12.4 Å². The lowest BCUT2D eigenvalue weighted by atomic mass is 10.0. The average Bonchev–Trinajstić information content (AvgIpc) is 2.19. The summed E-state index contributed by atoms with van der Waals surface area (Å²) in [4.78, 5) is 11.2. The van der Waals surface area contributed by atoms with Crippen LogP contribution in [0.2, 0.25) is 0 Å². The van der Waals surface area contributed by atoms with Gasteiger partial charge in [-0.3, -0.25) is 4.79 Å². The van der Waals surface area contributed by atoms with Gasteiger partial charge >= 0.3 is 6.61 Å². The molecule has 0 amide bonds. The zero-order valence-corrected chi connectivity index (χ0v) is 9.51. The fourth-order valence-electron chi connectivity index (χ4n) is 1.57. The van der Waals surface area contributed by atoms with Gasteiger partial charge < -0.3 is 4.74 Å². The standard InChI is InChI=1S/C12H14F2O2/c1-4-9-6-10(8(3)15)5-7(2)11(9)16-12(13)14/h5-6,12H,4H2,1-3H3. The molecule has 0 fully saturated rings. The fourth-order valence-corrected chi connectivity index (χ4v) is 1.57. The highest BCUT2D eigenvalue weighted by Crippen LogP contribution is 2.27. The van der Waals surface area contributed by atoms with Crippen molar-refractivity contribution in [3.05, 3.63) is 28.8 Å². The van der Waals surface area contributed by atoms with Crippen LogP contribution in [0.3, 0.4) is 0 Å². The van der Waals surface area contributed by atoms with Gasteiger partial charge in [-0.2, -0.15) is 8.78 Å². The van der Waals surface area contributed by atoms with Gasteiger partial charge in [0.15, 0.2) is 5.78 Å². The SMILES string of the molecule is CCc1cc(C(C)=O)cc(C)c1OC(F)F. The molecule has 1 rings (SSSR count). The van der Waals surface area contributed by atoms with Gasteiger partial charge in [-0.15, -0.1) is 0 Å². The maximum atomic E-state index is 12.2. The van der Waals surface area contributed by atoms with Crippen molar-refractivity contribution in [2.45, 2.75) is 33.8 Å². The summed E-state index contributed by atoms with van der Waals surface area (Å²) in [6.45, 7) is 2.09. The Kier molecular flexibility index (Phi) is 3.99. The molecule has 1 aromatic rings. The van der Waals surface area contributed by atoms with Crippen molar-refractivity contribution >= 4 is 5.78 Å². The predicted octanol–water partition coefficient (Wildman–Crippen LogP) is 3.36. The first-order valence-electron chi connectivity index (χ1n) is 5.05. The number of halogens is 2. The minimum Gasteiger partial charge on any atom is -0.434 e. The van der Waals surface area contributed by atoms with E-state index >= 15 is 0 Å². The first kappa shape index (κ1) is 12.6. The van der Waals surface area contributed by atoms with Gasteiger partial charge in [0.05, 0.1) is 0 Å². The van der Waals surface area contributed by atoms with Crippen molar-refractivity contribution in [1.29, 1.82) is 0 Å². The molecular formula is C12H14F2O2. The van der Waals surface area contributed by atoms with Gasteiger partial charge in [-0.25, -0.2) is 0 Å². The number of aryl methyl sites for hydroxylation is 2. The largest absolute Gasteiger partial charge is 0.434 e. The zero-order valence-electron chi connectivity index (χ0n) is 9.51. The maximum absolute atomic E-state index is 12.2. The molecule has 0 aliphatic rings. The van der Waals surface area contributed by atoms with Gasteiger partial charge in [-0.05, 0) is 43.5 Å². The Morgan fingerprint density at radius 3 is 2.50 bits per heavy atom. The van der Waals surface area contributed by atoms with E-state index in [0.717, 1.165) is 0 Å². The van der Waals surface area contributed by atoms with Crippen LogP contribution in [-0.2, 0) is 6.42 Å². The van der Waals surface area contributed by atoms with Crippen LogP contribution in [0.4, 0.5) is 8.78 Å². The molecule has 0 radical (unpaired) electrons. The molecule has 0 bridgehead atoms. The van der Waals surface area contributed by atoms with E-state index in [1.54, 1.807) is 19.1 Å². The number of hydrogen-bond acceptors (Lipinski definition) is 2. The van der Waals surface area contributed by atoms with E-state index in [4.69, 9.17) is 0 Å². The number of carbonyl (C=O) groups is 1. The average molecular weight is 228 g/mol. The molecule has 0 heterocycles. The van der Waals surface area contributed by atoms with E-state index < -0.39 is 6.61 Å². The second-order valence-electron chi connectivity index (χ2n) is 3.57. The molecule has 16 heavy (non-hydrogen) atoms. The highest BCUT2D eigenvalue weighted by molar-refractivity contribution is 5.94. The minimum atomic E-state index is -2.84. The molecule has 0 aromatic heterocycles. The van der Waals surface area contributed by atoms with E-state index in [1.807, 2.05) is 6.92 Å². The van der Waals surface area contributed by atoms with Crippen LogP contribution in [0.25, 0.3) is 0 Å². The lowest BCUT2D eigenvalue weighted by molar-refractivity contribution is -0.0508. The van der Waals surface area contributed by atoms with Gasteiger partial charge in [0.25, 0.3) is 0 Å². The normalized spacial score (nSPS) is 10.6. The molecule has 0 N–H and O–H groups in total. The first-order valence-corrected chi connectivity index (χ1v) is 5.05. The molecule has 0 saturated carbocycles. The summed E-state index contributed by atoms with van der Waals surface area (Å²) in [7, 11) is 0. The zero-order chi connectivity index (χ0) is 12.3. The Balaban J connectivity index is 3.23. The minimum absolute atomic E-state index is 0.0820. The van der Waals surface area contributed by atoms with Crippen LogP contribution < -0.4 is 4.74 Å². The van der Waals surface area contributed by atoms with E-state index in [1.165, 1.54) is 6.92 Å². The summed E-state index contributed by atoms with van der Waals surface area (Å²) in [5, 5.41) is 0. The Bertz CT molecular complexity index is 400. The molecule has 1 aromatic carbocycles. The molecule has 0 saturated heterocycles. The molecule has 0 unspecified atom stereocenters. The molecule has 4 heteroatoms. The van der Waals surface area contributed by atoms with Crippen molar-refractivity contribution in [3.8, 4) is 5.75 Å². The first-order chi connectivity index (χ1) is 7.45. The lowest BCUT2D eigenvalue weighted by Crippen LogP contribution is -2.07. The molecule has 0 spiro atoms. The molecule has 88 valence electrons. The van der Waals surface area contributed by atoms with Crippen LogP contribution in [0.15, 0.2) is 12.1 Å². The second-order valence-corrected chi connectivity index (χ2v) is 3.57. The highest BCUT2D eigenvalue weighted by atomic mass is 19.3. The van der Waals surface area contributed by atoms with Crippen molar-refractivity contribution in [2.24, 2.45) is 0 Å². The Morgan fingerprint density at radius 1 is 1.44 bits per heavy atom. The number of alkyl halides is 2. The number of rotatable bonds is 4. The van der Waals surface area contributed by atoms with Crippen LogP contribution in [0.5, 0.6) is 5.75 Å². The van der Waals surface area contributed by atoms with Crippen LogP contribution in [0.1, 0.15) is 35.3 Å². The lowest BCUT2D eigenvalue weighted by Gasteiger charge is -2.13. The molecule has 0 aliphatic carbocycles. The number of carbonyl (C=O) groups excluding carboxylic acids is 1. The number of Topliss-reactive ketones (excluding diaryl/α,β-unsaturated/α-hetero) is 1. The number of hydrogen-bond donors (Lipinski definition) is 0. The van der Waals surface area contributed by atoms with Gasteiger partial charge in [-0.1, -0.05) is 6.92 Å². The maximum Gasteiger partial charge on any atom is 0.387 e. The summed E-state index contributed by atoms with van der Waals surface area (Å²) in [6, 6.07) is 3.17. The summed E-state index contributed by atoms with van der Waals surface area (Å²) in [5.74, 6) is 0.101. The van der Waals surface area contributed by atoms with Crippen LogP contribution in [0, 0.1) is 6.92 Å². The second kappa shape index (κ2) is 5.05. The van der Waals surface area contributed by atoms with E-state index in [0.29, 0.717) is 23.1 Å². The predicted molar refractivity (Wildman–Crippen MR) is 57.2 cm³/mol. The molecular weight excluding hydrogens is 214 g/mol. The van der Waals surface area contributed by atoms with Crippen molar-refractivity contribution in [2.75, 3.05) is 0 Å². The third-order valence-corrected chi connectivity index (χ3v) is 2.35. The Hall–Kier alpha value is -1.45. The molecule has 0 aliphatic heterocycles. The Morgan fingerprint density at radius 2 is 2.06 bits per heavy atom. The third-order valence-electron chi connectivity index (χ3n) is 2.35. The fraction of sp³-hybridized carbons (Fsp3) is 0.417. The van der Waals surface area contributed by atoms with Crippen molar-refractivity contribution in [1.82, 2.24) is 0 Å². The topological polar surface area (TPSA) is 26.3 Å². The van der Waals surface area contributed by atoms with Crippen molar-refractivity contribution in [3.63, 3.8) is 0 Å². The van der Waals surface area contributed by atoms with E-state index in [-0.39, 0.29) is 11.5 Å². The van der Waals surface area contributed by atoms with Gasteiger partial charge in [0.1, 0.15) is 5.75 Å². The van der Waals surface area contributed by atoms with Crippen molar-refractivity contribution < 1.29 is 18.3 Å². The van der Waals surface area contributed by atoms with Crippen LogP contribution >= 0.6 is 0 Å². The number of benzene rings is 1. The molecule has 0 atom stereocenters. The summed E-state index contributed by atoms with van der Waals surface area (Å²) in [6.07, 6.45) is 0.546. The Labute approximate surface area is 93.2 Å². The number of ether oxygens (including phenoxy) is 1. The summed E-state index contributed by atoms with van der Waals surface area (Å²) >= 11 is 0. The van der Waals surface area contributed by atoms with Gasteiger partial charge in [0, 0.05) is 5.56 Å². The monoisotopic (exact) mass is 228 g/mol. The quantitative estimate of drug-likeness (QED) is 0.738. The summed E-state index contributed by atoms with van der Waals surface area (Å²) in [5.41, 5.74) is 1.71. The van der Waals surface area contributed by atoms with Gasteiger partial charge in [0.2, 0.25) is 0 Å². The third kappa shape index (κ3) is 2.78.